The third-order valence-electron chi connectivity index (χ3n) is 2.80. The van der Waals surface area contributed by atoms with E-state index in [1.165, 1.54) is 21.3 Å². The number of carboxylic acids is 1. The molecule has 0 amide bonds. The molecule has 1 rings (SSSR count). The second-order valence-electron chi connectivity index (χ2n) is 4.05. The van der Waals surface area contributed by atoms with Crippen molar-refractivity contribution in [1.82, 2.24) is 0 Å². The van der Waals surface area contributed by atoms with Crippen LogP contribution in [-0.2, 0) is 4.79 Å². The molecule has 0 aliphatic rings. The van der Waals surface area contributed by atoms with Crippen molar-refractivity contribution in [2.45, 2.75) is 19.3 Å². The smallest absolute Gasteiger partial charge is 0.303 e. The van der Waals surface area contributed by atoms with Gasteiger partial charge in [-0.25, -0.2) is 0 Å². The molecule has 5 nitrogen and oxygen atoms in total. The third kappa shape index (κ3) is 3.23. The van der Waals surface area contributed by atoms with Crippen LogP contribution in [0.1, 0.15) is 24.8 Å². The quantitative estimate of drug-likeness (QED) is 0.872. The van der Waals surface area contributed by atoms with Crippen molar-refractivity contribution in [2.24, 2.45) is 0 Å². The lowest BCUT2D eigenvalue weighted by atomic mass is 9.96. The first kappa shape index (κ1) is 15.4. The van der Waals surface area contributed by atoms with E-state index in [9.17, 15) is 4.79 Å². The lowest BCUT2D eigenvalue weighted by molar-refractivity contribution is -0.137. The van der Waals surface area contributed by atoms with Gasteiger partial charge in [0.15, 0.2) is 11.5 Å². The first-order valence-corrected chi connectivity index (χ1v) is 6.04. The Balaban J connectivity index is 3.39. The summed E-state index contributed by atoms with van der Waals surface area (Å²) >= 11 is 6.12. The van der Waals surface area contributed by atoms with Gasteiger partial charge >= 0.3 is 5.97 Å². The van der Waals surface area contributed by atoms with E-state index in [0.29, 0.717) is 27.8 Å². The third-order valence-corrected chi connectivity index (χ3v) is 3.08. The fourth-order valence-corrected chi connectivity index (χ4v) is 2.21. The molecule has 0 fully saturated rings. The van der Waals surface area contributed by atoms with Gasteiger partial charge in [-0.15, -0.1) is 0 Å². The maximum Gasteiger partial charge on any atom is 0.303 e. The Morgan fingerprint density at radius 3 is 2.16 bits per heavy atom. The molecule has 19 heavy (non-hydrogen) atoms. The van der Waals surface area contributed by atoms with Gasteiger partial charge in [-0.3, -0.25) is 4.79 Å². The van der Waals surface area contributed by atoms with Gasteiger partial charge in [0.1, 0.15) is 0 Å². The van der Waals surface area contributed by atoms with Crippen LogP contribution in [0.2, 0.25) is 5.02 Å². The van der Waals surface area contributed by atoms with Gasteiger partial charge in [-0.05, 0) is 12.0 Å². The first-order chi connectivity index (χ1) is 8.96. The normalized spacial score (nSPS) is 11.8. The van der Waals surface area contributed by atoms with E-state index < -0.39 is 5.97 Å². The molecule has 0 aromatic heterocycles. The average Bonchev–Trinajstić information content (AvgIpc) is 2.36. The molecule has 0 radical (unpaired) electrons. The van der Waals surface area contributed by atoms with E-state index in [1.807, 2.05) is 0 Å². The molecule has 0 spiro atoms. The molecule has 0 saturated heterocycles. The monoisotopic (exact) mass is 288 g/mol. The van der Waals surface area contributed by atoms with E-state index in [0.717, 1.165) is 0 Å². The van der Waals surface area contributed by atoms with E-state index in [2.05, 4.69) is 0 Å². The Hall–Kier alpha value is -1.62. The molecule has 1 atom stereocenters. The topological polar surface area (TPSA) is 65.0 Å². The number of halogens is 1. The van der Waals surface area contributed by atoms with Gasteiger partial charge in [-0.1, -0.05) is 18.5 Å². The van der Waals surface area contributed by atoms with Crippen molar-refractivity contribution in [2.75, 3.05) is 21.3 Å². The van der Waals surface area contributed by atoms with Crippen LogP contribution in [0.3, 0.4) is 0 Å². The van der Waals surface area contributed by atoms with Crippen molar-refractivity contribution in [3.05, 3.63) is 16.7 Å². The van der Waals surface area contributed by atoms with E-state index >= 15 is 0 Å². The number of benzene rings is 1. The predicted molar refractivity (Wildman–Crippen MR) is 71.8 cm³/mol. The van der Waals surface area contributed by atoms with Gasteiger partial charge < -0.3 is 19.3 Å². The van der Waals surface area contributed by atoms with E-state index in [1.54, 1.807) is 13.0 Å². The zero-order chi connectivity index (χ0) is 14.6. The summed E-state index contributed by atoms with van der Waals surface area (Å²) in [6.45, 7) is 1.79. The Kier molecular flexibility index (Phi) is 5.30. The summed E-state index contributed by atoms with van der Waals surface area (Å²) in [5.74, 6) is 0.0275. The zero-order valence-corrected chi connectivity index (χ0v) is 12.1. The van der Waals surface area contributed by atoms with Gasteiger partial charge in [-0.2, -0.15) is 0 Å². The molecule has 0 bridgehead atoms. The van der Waals surface area contributed by atoms with Crippen molar-refractivity contribution in [3.63, 3.8) is 0 Å². The number of carboxylic acid groups (broad SMARTS) is 1. The molecule has 106 valence electrons. The molecule has 0 saturated carbocycles. The lowest BCUT2D eigenvalue weighted by Crippen LogP contribution is -2.06. The fourth-order valence-electron chi connectivity index (χ4n) is 1.93. The zero-order valence-electron chi connectivity index (χ0n) is 11.3. The Morgan fingerprint density at radius 1 is 1.21 bits per heavy atom. The molecule has 1 unspecified atom stereocenters. The molecular formula is C13H17ClO5. The molecular weight excluding hydrogens is 272 g/mol. The minimum atomic E-state index is -0.888. The second kappa shape index (κ2) is 6.52. The lowest BCUT2D eigenvalue weighted by Gasteiger charge is -2.20. The Morgan fingerprint density at radius 2 is 1.74 bits per heavy atom. The highest BCUT2D eigenvalue weighted by atomic mass is 35.5. The van der Waals surface area contributed by atoms with Crippen molar-refractivity contribution in [1.29, 1.82) is 0 Å². The Bertz CT molecular complexity index is 473. The number of hydrogen-bond acceptors (Lipinski definition) is 4. The number of hydrogen-bond donors (Lipinski definition) is 1. The summed E-state index contributed by atoms with van der Waals surface area (Å²) in [4.78, 5) is 10.8. The fraction of sp³-hybridized carbons (Fsp3) is 0.462. The van der Waals surface area contributed by atoms with Gasteiger partial charge in [0.2, 0.25) is 5.75 Å². The number of carbonyl (C=O) groups is 1. The van der Waals surface area contributed by atoms with Crippen molar-refractivity contribution >= 4 is 17.6 Å². The van der Waals surface area contributed by atoms with Crippen molar-refractivity contribution < 1.29 is 24.1 Å². The molecule has 0 heterocycles. The van der Waals surface area contributed by atoms with Gasteiger partial charge in [0.05, 0.1) is 32.8 Å². The number of methoxy groups -OCH3 is 3. The van der Waals surface area contributed by atoms with Crippen molar-refractivity contribution in [3.8, 4) is 17.2 Å². The summed E-state index contributed by atoms with van der Waals surface area (Å²) in [7, 11) is 4.44. The van der Waals surface area contributed by atoms with Crippen LogP contribution < -0.4 is 14.2 Å². The number of aliphatic carboxylic acids is 1. The summed E-state index contributed by atoms with van der Waals surface area (Å²) < 4.78 is 15.7. The van der Waals surface area contributed by atoms with E-state index in [4.69, 9.17) is 30.9 Å². The van der Waals surface area contributed by atoms with E-state index in [-0.39, 0.29) is 12.3 Å². The first-order valence-electron chi connectivity index (χ1n) is 5.66. The molecule has 1 N–H and O–H groups in total. The average molecular weight is 289 g/mol. The van der Waals surface area contributed by atoms with Crippen LogP contribution in [-0.4, -0.2) is 32.4 Å². The summed E-state index contributed by atoms with van der Waals surface area (Å²) in [6, 6.07) is 1.65. The molecule has 1 aromatic rings. The minimum Gasteiger partial charge on any atom is -0.492 e. The molecule has 1 aromatic carbocycles. The minimum absolute atomic E-state index is 0.0256. The van der Waals surface area contributed by atoms with Gasteiger partial charge in [0.25, 0.3) is 0 Å². The van der Waals surface area contributed by atoms with Crippen LogP contribution >= 0.6 is 11.6 Å². The standard InChI is InChI=1S/C13H17ClO5/c1-7(5-10(15)16)8-6-9(14)12(18-3)13(19-4)11(8)17-2/h6-7H,5H2,1-4H3,(H,15,16). The summed E-state index contributed by atoms with van der Waals surface area (Å²) in [6.07, 6.45) is -0.0256. The summed E-state index contributed by atoms with van der Waals surface area (Å²) in [5, 5.41) is 9.23. The largest absolute Gasteiger partial charge is 0.492 e. The Labute approximate surface area is 117 Å². The van der Waals surface area contributed by atoms with Crippen LogP contribution in [0.15, 0.2) is 6.07 Å². The van der Waals surface area contributed by atoms with Crippen LogP contribution in [0.4, 0.5) is 0 Å². The second-order valence-corrected chi connectivity index (χ2v) is 4.45. The SMILES string of the molecule is COc1c(Cl)cc(C(C)CC(=O)O)c(OC)c1OC. The van der Waals surface area contributed by atoms with Gasteiger partial charge in [0, 0.05) is 5.56 Å². The molecule has 0 aliphatic heterocycles. The van der Waals surface area contributed by atoms with Crippen LogP contribution in [0.5, 0.6) is 17.2 Å². The maximum absolute atomic E-state index is 10.8. The highest BCUT2D eigenvalue weighted by molar-refractivity contribution is 6.32. The highest BCUT2D eigenvalue weighted by Gasteiger charge is 2.24. The highest BCUT2D eigenvalue weighted by Crippen LogP contribution is 2.47. The molecule has 0 aliphatic carbocycles. The van der Waals surface area contributed by atoms with Crippen LogP contribution in [0, 0.1) is 0 Å². The maximum atomic E-state index is 10.8. The predicted octanol–water partition coefficient (Wildman–Crippen LogP) is 2.94. The molecule has 6 heteroatoms. The van der Waals surface area contributed by atoms with Crippen LogP contribution in [0.25, 0.3) is 0 Å². The summed E-state index contributed by atoms with van der Waals surface area (Å²) in [5.41, 5.74) is 0.674. The number of rotatable bonds is 6. The number of ether oxygens (including phenoxy) is 3.